The minimum absolute atomic E-state index is 0. The third-order valence-corrected chi connectivity index (χ3v) is 2.55. The van der Waals surface area contributed by atoms with Crippen molar-refractivity contribution in [2.24, 2.45) is 21.9 Å². The maximum absolute atomic E-state index is 5.05. The fourth-order valence-corrected chi connectivity index (χ4v) is 1.38. The third kappa shape index (κ3) is 5.55. The largest absolute Gasteiger partial charge is 2.00 e. The summed E-state index contributed by atoms with van der Waals surface area (Å²) in [5, 5.41) is 7.10. The van der Waals surface area contributed by atoms with E-state index >= 15 is 0 Å². The van der Waals surface area contributed by atoms with Crippen molar-refractivity contribution >= 4 is 11.4 Å². The molecule has 2 aromatic rings. The molecule has 0 aromatic heterocycles. The first-order valence-corrected chi connectivity index (χ1v) is 5.62. The number of hydrazone groups is 2. The van der Waals surface area contributed by atoms with Crippen molar-refractivity contribution in [2.45, 2.75) is 13.8 Å². The summed E-state index contributed by atoms with van der Waals surface area (Å²) in [5.41, 5.74) is 3.94. The Morgan fingerprint density at radius 1 is 0.737 bits per heavy atom. The first-order valence-electron chi connectivity index (χ1n) is 5.62. The quantitative estimate of drug-likeness (QED) is 0.293. The van der Waals surface area contributed by atoms with Crippen LogP contribution in [-0.4, -0.2) is 11.4 Å². The molecule has 0 aliphatic carbocycles. The molecule has 0 fully saturated rings. The van der Waals surface area contributed by atoms with Crippen LogP contribution in [0.3, 0.4) is 0 Å². The molecule has 0 radical (unpaired) electrons. The maximum Gasteiger partial charge on any atom is 2.00 e. The standard InChI is InChI=1S/2C7H9N2.Fe/c2*1-6(9-8)7-4-2-3-5-7;/h2*2-5H,8H2,1H3;/q2*-1;+2. The Balaban J connectivity index is 0.000000324. The zero-order chi connectivity index (χ0) is 13.4. The van der Waals surface area contributed by atoms with Gasteiger partial charge in [0, 0.05) is 11.4 Å². The molecular formula is C14H18FeN4. The molecule has 0 atom stereocenters. The number of hydrogen-bond donors (Lipinski definition) is 2. The van der Waals surface area contributed by atoms with E-state index in [1.54, 1.807) is 0 Å². The van der Waals surface area contributed by atoms with E-state index < -0.39 is 0 Å². The Labute approximate surface area is 124 Å². The third-order valence-electron chi connectivity index (χ3n) is 2.55. The van der Waals surface area contributed by atoms with Crippen LogP contribution in [0.2, 0.25) is 0 Å². The monoisotopic (exact) mass is 298 g/mol. The van der Waals surface area contributed by atoms with Gasteiger partial charge in [-0.25, -0.2) is 34.5 Å². The van der Waals surface area contributed by atoms with Gasteiger partial charge in [-0.15, -0.1) is 11.1 Å². The van der Waals surface area contributed by atoms with Gasteiger partial charge in [-0.2, -0.15) is 24.3 Å². The Morgan fingerprint density at radius 2 is 1.00 bits per heavy atom. The molecule has 102 valence electrons. The maximum atomic E-state index is 5.05. The van der Waals surface area contributed by atoms with Crippen molar-refractivity contribution in [1.29, 1.82) is 0 Å². The van der Waals surface area contributed by atoms with Gasteiger partial charge >= 0.3 is 17.1 Å². The van der Waals surface area contributed by atoms with E-state index in [-0.39, 0.29) is 17.1 Å². The minimum Gasteiger partial charge on any atom is -0.324 e. The van der Waals surface area contributed by atoms with Gasteiger partial charge in [0.15, 0.2) is 0 Å². The topological polar surface area (TPSA) is 76.8 Å². The van der Waals surface area contributed by atoms with E-state index in [0.29, 0.717) is 0 Å². The molecule has 5 heteroatoms. The van der Waals surface area contributed by atoms with Crippen LogP contribution in [0.25, 0.3) is 0 Å². The Morgan fingerprint density at radius 3 is 1.21 bits per heavy atom. The summed E-state index contributed by atoms with van der Waals surface area (Å²) < 4.78 is 0. The van der Waals surface area contributed by atoms with Crippen molar-refractivity contribution in [1.82, 2.24) is 0 Å². The van der Waals surface area contributed by atoms with E-state index in [0.717, 1.165) is 22.6 Å². The van der Waals surface area contributed by atoms with E-state index in [4.69, 9.17) is 11.7 Å². The summed E-state index contributed by atoms with van der Waals surface area (Å²) in [4.78, 5) is 0. The number of nitrogens with zero attached hydrogens (tertiary/aromatic N) is 2. The molecule has 0 unspecified atom stereocenters. The Hall–Kier alpha value is -1.84. The van der Waals surface area contributed by atoms with Gasteiger partial charge in [0.1, 0.15) is 0 Å². The van der Waals surface area contributed by atoms with Crippen LogP contribution in [0.4, 0.5) is 0 Å². The van der Waals surface area contributed by atoms with Gasteiger partial charge in [0.2, 0.25) is 0 Å². The Bertz CT molecular complexity index is 447. The van der Waals surface area contributed by atoms with Crippen molar-refractivity contribution in [3.05, 3.63) is 59.7 Å². The molecule has 4 nitrogen and oxygen atoms in total. The predicted octanol–water partition coefficient (Wildman–Crippen LogP) is 2.17. The van der Waals surface area contributed by atoms with Gasteiger partial charge < -0.3 is 11.7 Å². The fourth-order valence-electron chi connectivity index (χ4n) is 1.38. The van der Waals surface area contributed by atoms with Gasteiger partial charge in [0.05, 0.1) is 0 Å². The molecule has 0 aliphatic rings. The second kappa shape index (κ2) is 9.14. The Kier molecular flexibility index (Phi) is 8.25. The van der Waals surface area contributed by atoms with Crippen LogP contribution in [0.5, 0.6) is 0 Å². The average molecular weight is 298 g/mol. The predicted molar refractivity (Wildman–Crippen MR) is 76.9 cm³/mol. The molecule has 0 saturated heterocycles. The second-order valence-corrected chi connectivity index (χ2v) is 3.78. The zero-order valence-electron chi connectivity index (χ0n) is 11.0. The first kappa shape index (κ1) is 17.2. The molecule has 0 aliphatic heterocycles. The van der Waals surface area contributed by atoms with E-state index in [9.17, 15) is 0 Å². The fraction of sp³-hybridized carbons (Fsp3) is 0.143. The van der Waals surface area contributed by atoms with E-state index in [1.807, 2.05) is 62.4 Å². The number of rotatable bonds is 2. The summed E-state index contributed by atoms with van der Waals surface area (Å²) in [6.45, 7) is 3.77. The van der Waals surface area contributed by atoms with Crippen LogP contribution >= 0.6 is 0 Å². The van der Waals surface area contributed by atoms with Crippen molar-refractivity contribution in [3.63, 3.8) is 0 Å². The second-order valence-electron chi connectivity index (χ2n) is 3.78. The molecule has 2 rings (SSSR count). The first-order chi connectivity index (χ1) is 8.69. The summed E-state index contributed by atoms with van der Waals surface area (Å²) >= 11 is 0. The number of nitrogens with two attached hydrogens (primary N) is 2. The van der Waals surface area contributed by atoms with Crippen LogP contribution in [-0.2, 0) is 17.1 Å². The van der Waals surface area contributed by atoms with Gasteiger partial charge in [-0.05, 0) is 13.8 Å². The van der Waals surface area contributed by atoms with Crippen LogP contribution in [0, 0.1) is 0 Å². The van der Waals surface area contributed by atoms with Crippen LogP contribution in [0.15, 0.2) is 58.7 Å². The van der Waals surface area contributed by atoms with Crippen molar-refractivity contribution < 1.29 is 17.1 Å². The molecule has 4 N–H and O–H groups in total. The smallest absolute Gasteiger partial charge is 0.324 e. The number of hydrogen-bond acceptors (Lipinski definition) is 4. The summed E-state index contributed by atoms with van der Waals surface area (Å²) in [6.07, 6.45) is 0. The van der Waals surface area contributed by atoms with Crippen LogP contribution in [0.1, 0.15) is 25.0 Å². The van der Waals surface area contributed by atoms with Crippen molar-refractivity contribution in [2.75, 3.05) is 0 Å². The summed E-state index contributed by atoms with van der Waals surface area (Å²) in [5.74, 6) is 10.1. The summed E-state index contributed by atoms with van der Waals surface area (Å²) in [6, 6.07) is 15.8. The molecule has 0 bridgehead atoms. The zero-order valence-corrected chi connectivity index (χ0v) is 12.1. The van der Waals surface area contributed by atoms with E-state index in [1.165, 1.54) is 0 Å². The average Bonchev–Trinajstić information content (AvgIpc) is 3.09. The normalized spacial score (nSPS) is 11.3. The molecular weight excluding hydrogens is 280 g/mol. The van der Waals surface area contributed by atoms with Crippen molar-refractivity contribution in [3.8, 4) is 0 Å². The van der Waals surface area contributed by atoms with Gasteiger partial charge in [-0.3, -0.25) is 0 Å². The van der Waals surface area contributed by atoms with Crippen LogP contribution < -0.4 is 11.7 Å². The summed E-state index contributed by atoms with van der Waals surface area (Å²) in [7, 11) is 0. The molecule has 0 saturated carbocycles. The SMILES string of the molecule is CC(=NN)[c-]1cccc1.CC(=NN)[c-]1cccc1.[Fe+2]. The molecule has 2 aromatic carbocycles. The molecule has 0 heterocycles. The van der Waals surface area contributed by atoms with E-state index in [2.05, 4.69) is 10.2 Å². The minimum atomic E-state index is 0. The molecule has 0 amide bonds. The molecule has 0 spiro atoms. The van der Waals surface area contributed by atoms with Gasteiger partial charge in [-0.1, -0.05) is 0 Å². The van der Waals surface area contributed by atoms with Gasteiger partial charge in [0.25, 0.3) is 0 Å². The molecule has 19 heavy (non-hydrogen) atoms.